The van der Waals surface area contributed by atoms with Crippen molar-refractivity contribution in [3.63, 3.8) is 0 Å². The van der Waals surface area contributed by atoms with Gasteiger partial charge in [-0.15, -0.1) is 0 Å². The second kappa shape index (κ2) is 8.43. The highest BCUT2D eigenvalue weighted by Gasteiger charge is 2.24. The summed E-state index contributed by atoms with van der Waals surface area (Å²) in [6.45, 7) is 1.82. The summed E-state index contributed by atoms with van der Waals surface area (Å²) in [6, 6.07) is 11.4. The molecule has 0 aliphatic carbocycles. The van der Waals surface area contributed by atoms with Crippen molar-refractivity contribution in [1.29, 1.82) is 0 Å². The Morgan fingerprint density at radius 1 is 0.727 bits per heavy atom. The van der Waals surface area contributed by atoms with Gasteiger partial charge in [-0.3, -0.25) is 0 Å². The highest BCUT2D eigenvalue weighted by atomic mass is 19.4. The second-order valence-electron chi connectivity index (χ2n) is 7.73. The van der Waals surface area contributed by atoms with Crippen LogP contribution in [0.2, 0.25) is 0 Å². The number of rotatable bonds is 3. The van der Waals surface area contributed by atoms with E-state index in [1.807, 2.05) is 6.92 Å². The quantitative estimate of drug-likeness (QED) is 0.219. The molecule has 168 valence electrons. The third-order valence-corrected chi connectivity index (χ3v) is 5.36. The van der Waals surface area contributed by atoms with E-state index in [4.69, 9.17) is 0 Å². The summed E-state index contributed by atoms with van der Waals surface area (Å²) < 4.78 is 95.1. The summed E-state index contributed by atoms with van der Waals surface area (Å²) in [4.78, 5) is 0. The molecule has 0 aliphatic rings. The van der Waals surface area contributed by atoms with Crippen LogP contribution >= 0.6 is 0 Å². The molecular formula is C26H15F7. The zero-order chi connectivity index (χ0) is 23.9. The Balaban J connectivity index is 1.65. The number of hydrogen-bond donors (Lipinski definition) is 0. The number of hydrogen-bond acceptors (Lipinski definition) is 0. The SMILES string of the molecule is Cc1ccc2c(F)c(CCc3ccc4c(F)c(C#CC(F)(F)F)c(F)cc4c3)c(F)cc2c1. The predicted molar refractivity (Wildman–Crippen MR) is 113 cm³/mol. The van der Waals surface area contributed by atoms with Gasteiger partial charge in [0.2, 0.25) is 0 Å². The Labute approximate surface area is 184 Å². The van der Waals surface area contributed by atoms with Crippen molar-refractivity contribution in [3.05, 3.63) is 94.1 Å². The second-order valence-corrected chi connectivity index (χ2v) is 7.73. The first-order valence-corrected chi connectivity index (χ1v) is 9.91. The lowest BCUT2D eigenvalue weighted by Crippen LogP contribution is -2.03. The molecule has 7 heteroatoms. The minimum atomic E-state index is -4.89. The van der Waals surface area contributed by atoms with Crippen molar-refractivity contribution in [2.45, 2.75) is 25.9 Å². The Morgan fingerprint density at radius 2 is 1.36 bits per heavy atom. The number of benzene rings is 4. The maximum absolute atomic E-state index is 14.9. The van der Waals surface area contributed by atoms with Gasteiger partial charge >= 0.3 is 6.18 Å². The van der Waals surface area contributed by atoms with E-state index in [2.05, 4.69) is 0 Å². The zero-order valence-electron chi connectivity index (χ0n) is 17.2. The molecule has 0 atom stereocenters. The summed E-state index contributed by atoms with van der Waals surface area (Å²) in [5, 5.41) is 0.752. The minimum Gasteiger partial charge on any atom is -0.207 e. The third-order valence-electron chi connectivity index (χ3n) is 5.36. The molecule has 4 rings (SSSR count). The van der Waals surface area contributed by atoms with Crippen molar-refractivity contribution < 1.29 is 30.7 Å². The van der Waals surface area contributed by atoms with E-state index >= 15 is 0 Å². The maximum Gasteiger partial charge on any atom is 0.458 e. The lowest BCUT2D eigenvalue weighted by atomic mass is 9.97. The van der Waals surface area contributed by atoms with E-state index in [9.17, 15) is 30.7 Å². The normalized spacial score (nSPS) is 11.6. The number of aryl methyl sites for hydroxylation is 2. The van der Waals surface area contributed by atoms with Crippen LogP contribution in [-0.2, 0) is 12.8 Å². The van der Waals surface area contributed by atoms with Crippen LogP contribution in [0, 0.1) is 42.0 Å². The lowest BCUT2D eigenvalue weighted by molar-refractivity contribution is -0.0696. The van der Waals surface area contributed by atoms with E-state index in [1.54, 1.807) is 18.2 Å². The molecule has 0 saturated carbocycles. The lowest BCUT2D eigenvalue weighted by Gasteiger charge is -2.10. The molecule has 0 nitrogen and oxygen atoms in total. The Kier molecular flexibility index (Phi) is 5.79. The zero-order valence-corrected chi connectivity index (χ0v) is 17.2. The topological polar surface area (TPSA) is 0 Å². The molecule has 0 amide bonds. The molecule has 0 bridgehead atoms. The first-order chi connectivity index (χ1) is 15.5. The first-order valence-electron chi connectivity index (χ1n) is 9.91. The largest absolute Gasteiger partial charge is 0.458 e. The van der Waals surface area contributed by atoms with Crippen LogP contribution in [0.3, 0.4) is 0 Å². The van der Waals surface area contributed by atoms with Gasteiger partial charge in [0.05, 0.1) is 5.56 Å². The van der Waals surface area contributed by atoms with Crippen LogP contribution < -0.4 is 0 Å². The minimum absolute atomic E-state index is 0.00704. The molecule has 33 heavy (non-hydrogen) atoms. The van der Waals surface area contributed by atoms with Crippen LogP contribution in [0.15, 0.2) is 48.5 Å². The highest BCUT2D eigenvalue weighted by molar-refractivity contribution is 5.86. The fraction of sp³-hybridized carbons (Fsp3) is 0.154. The third kappa shape index (κ3) is 4.65. The van der Waals surface area contributed by atoms with Gasteiger partial charge in [0.15, 0.2) is 0 Å². The van der Waals surface area contributed by atoms with Crippen LogP contribution in [0.1, 0.15) is 22.3 Å². The molecule has 4 aromatic rings. The van der Waals surface area contributed by atoms with Crippen LogP contribution in [0.4, 0.5) is 30.7 Å². The molecule has 0 aromatic heterocycles. The molecule has 0 radical (unpaired) electrons. The smallest absolute Gasteiger partial charge is 0.207 e. The monoisotopic (exact) mass is 460 g/mol. The van der Waals surface area contributed by atoms with E-state index in [1.165, 1.54) is 30.2 Å². The van der Waals surface area contributed by atoms with E-state index in [0.29, 0.717) is 16.3 Å². The Bertz CT molecular complexity index is 1450. The fourth-order valence-electron chi connectivity index (χ4n) is 3.77. The molecule has 0 heterocycles. The molecule has 0 N–H and O–H groups in total. The summed E-state index contributed by atoms with van der Waals surface area (Å²) in [5.74, 6) is -1.41. The number of fused-ring (bicyclic) bond motifs is 2. The summed E-state index contributed by atoms with van der Waals surface area (Å²) in [6.07, 6.45) is -4.70. The van der Waals surface area contributed by atoms with Gasteiger partial charge in [-0.25, -0.2) is 17.6 Å². The molecular weight excluding hydrogens is 445 g/mol. The van der Waals surface area contributed by atoms with Crippen molar-refractivity contribution >= 4 is 21.5 Å². The highest BCUT2D eigenvalue weighted by Crippen LogP contribution is 2.28. The van der Waals surface area contributed by atoms with Gasteiger partial charge in [-0.2, -0.15) is 13.2 Å². The fourth-order valence-corrected chi connectivity index (χ4v) is 3.77. The Hall–Kier alpha value is -3.53. The predicted octanol–water partition coefficient (Wildman–Crippen LogP) is 7.56. The van der Waals surface area contributed by atoms with Crippen molar-refractivity contribution in [2.75, 3.05) is 0 Å². The Morgan fingerprint density at radius 3 is 2.09 bits per heavy atom. The van der Waals surface area contributed by atoms with Gasteiger partial charge in [-0.05, 0) is 48.2 Å². The average molecular weight is 460 g/mol. The molecule has 0 spiro atoms. The van der Waals surface area contributed by atoms with Gasteiger partial charge in [0.25, 0.3) is 0 Å². The average Bonchev–Trinajstić information content (AvgIpc) is 2.72. The van der Waals surface area contributed by atoms with Crippen LogP contribution in [-0.4, -0.2) is 6.18 Å². The van der Waals surface area contributed by atoms with Gasteiger partial charge in [0, 0.05) is 22.3 Å². The van der Waals surface area contributed by atoms with Gasteiger partial charge < -0.3 is 0 Å². The summed E-state index contributed by atoms with van der Waals surface area (Å²) in [5.41, 5.74) is 0.361. The van der Waals surface area contributed by atoms with E-state index in [-0.39, 0.29) is 29.2 Å². The molecule has 0 unspecified atom stereocenters. The summed E-state index contributed by atoms with van der Waals surface area (Å²) in [7, 11) is 0. The van der Waals surface area contributed by atoms with E-state index in [0.717, 1.165) is 17.6 Å². The number of halogens is 7. The van der Waals surface area contributed by atoms with Crippen LogP contribution in [0.5, 0.6) is 0 Å². The number of alkyl halides is 3. The van der Waals surface area contributed by atoms with Crippen molar-refractivity contribution in [2.24, 2.45) is 0 Å². The van der Waals surface area contributed by atoms with Gasteiger partial charge in [-0.1, -0.05) is 47.9 Å². The first kappa shape index (κ1) is 22.7. The van der Waals surface area contributed by atoms with Crippen molar-refractivity contribution in [1.82, 2.24) is 0 Å². The standard InChI is InChI=1S/C26H15F7/c1-14-2-5-18-16(10-14)12-22(27)20(24(18)29)7-4-15-3-6-19-17(11-15)13-23(28)21(25(19)30)8-9-26(31,32)33/h2-3,5-6,10-13H,4,7H2,1H3. The summed E-state index contributed by atoms with van der Waals surface area (Å²) >= 11 is 0. The van der Waals surface area contributed by atoms with E-state index < -0.39 is 35.0 Å². The molecule has 0 aliphatic heterocycles. The van der Waals surface area contributed by atoms with Crippen LogP contribution in [0.25, 0.3) is 21.5 Å². The van der Waals surface area contributed by atoms with Crippen molar-refractivity contribution in [3.8, 4) is 11.8 Å². The van der Waals surface area contributed by atoms with Gasteiger partial charge in [0.1, 0.15) is 23.3 Å². The molecule has 4 aromatic carbocycles. The maximum atomic E-state index is 14.9. The molecule has 0 saturated heterocycles. The molecule has 0 fully saturated rings.